The number of nitrogens with one attached hydrogen (secondary N) is 1. The van der Waals surface area contributed by atoms with E-state index in [1.54, 1.807) is 14.2 Å². The molecule has 1 saturated heterocycles. The SMILES string of the molecule is COc1ccc(COCc2cccc(NC(=O)N3CCN(c4ccccc4OC)CC3)c2)cc1. The molecule has 7 heteroatoms. The molecule has 0 bridgehead atoms. The normalized spacial score (nSPS) is 13.5. The lowest BCUT2D eigenvalue weighted by molar-refractivity contribution is 0.107. The summed E-state index contributed by atoms with van der Waals surface area (Å²) in [4.78, 5) is 16.9. The van der Waals surface area contributed by atoms with Gasteiger partial charge in [0, 0.05) is 31.9 Å². The first-order valence-corrected chi connectivity index (χ1v) is 11.4. The van der Waals surface area contributed by atoms with E-state index in [0.29, 0.717) is 26.3 Å². The minimum absolute atomic E-state index is 0.0871. The second-order valence-electron chi connectivity index (χ2n) is 8.12. The first-order valence-electron chi connectivity index (χ1n) is 11.4. The van der Waals surface area contributed by atoms with Crippen LogP contribution in [0.3, 0.4) is 0 Å². The highest BCUT2D eigenvalue weighted by Gasteiger charge is 2.23. The summed E-state index contributed by atoms with van der Waals surface area (Å²) < 4.78 is 16.5. The summed E-state index contributed by atoms with van der Waals surface area (Å²) in [5, 5.41) is 3.02. The van der Waals surface area contributed by atoms with Crippen LogP contribution in [0.15, 0.2) is 72.8 Å². The van der Waals surface area contributed by atoms with Gasteiger partial charge in [-0.2, -0.15) is 0 Å². The van der Waals surface area contributed by atoms with Crippen LogP contribution in [0.25, 0.3) is 0 Å². The van der Waals surface area contributed by atoms with Crippen LogP contribution in [-0.4, -0.2) is 51.3 Å². The topological polar surface area (TPSA) is 63.3 Å². The van der Waals surface area contributed by atoms with E-state index in [9.17, 15) is 4.79 Å². The zero-order valence-corrected chi connectivity index (χ0v) is 19.7. The number of ether oxygens (including phenoxy) is 3. The maximum Gasteiger partial charge on any atom is 0.321 e. The van der Waals surface area contributed by atoms with Crippen molar-refractivity contribution in [3.8, 4) is 11.5 Å². The number of piperazine rings is 1. The van der Waals surface area contributed by atoms with Crippen LogP contribution < -0.4 is 19.7 Å². The Morgan fingerprint density at radius 1 is 0.824 bits per heavy atom. The Labute approximate surface area is 200 Å². The number of urea groups is 1. The van der Waals surface area contributed by atoms with E-state index in [1.807, 2.05) is 71.6 Å². The Balaban J connectivity index is 1.26. The first-order chi connectivity index (χ1) is 16.7. The molecule has 0 aromatic heterocycles. The van der Waals surface area contributed by atoms with E-state index >= 15 is 0 Å². The zero-order valence-electron chi connectivity index (χ0n) is 19.7. The molecule has 1 heterocycles. The van der Waals surface area contributed by atoms with Crippen molar-refractivity contribution in [3.63, 3.8) is 0 Å². The van der Waals surface area contributed by atoms with Crippen molar-refractivity contribution >= 4 is 17.4 Å². The number of carbonyl (C=O) groups is 1. The molecule has 0 aliphatic carbocycles. The highest BCUT2D eigenvalue weighted by molar-refractivity contribution is 5.89. The van der Waals surface area contributed by atoms with Gasteiger partial charge in [-0.15, -0.1) is 0 Å². The van der Waals surface area contributed by atoms with Gasteiger partial charge in [0.2, 0.25) is 0 Å². The number of anilines is 2. The Hall–Kier alpha value is -3.71. The average molecular weight is 462 g/mol. The van der Waals surface area contributed by atoms with Crippen LogP contribution in [0.1, 0.15) is 11.1 Å². The lowest BCUT2D eigenvalue weighted by Crippen LogP contribution is -2.50. The van der Waals surface area contributed by atoms with E-state index in [0.717, 1.165) is 47.1 Å². The lowest BCUT2D eigenvalue weighted by Gasteiger charge is -2.36. The monoisotopic (exact) mass is 461 g/mol. The van der Waals surface area contributed by atoms with Gasteiger partial charge in [-0.1, -0.05) is 36.4 Å². The fourth-order valence-electron chi connectivity index (χ4n) is 3.99. The molecule has 1 N–H and O–H groups in total. The van der Waals surface area contributed by atoms with Crippen LogP contribution in [0.2, 0.25) is 0 Å². The van der Waals surface area contributed by atoms with E-state index in [1.165, 1.54) is 0 Å². The number of hydrogen-bond acceptors (Lipinski definition) is 5. The number of nitrogens with zero attached hydrogens (tertiary/aromatic N) is 2. The highest BCUT2D eigenvalue weighted by atomic mass is 16.5. The minimum atomic E-state index is -0.0871. The molecule has 0 unspecified atom stereocenters. The van der Waals surface area contributed by atoms with Crippen LogP contribution >= 0.6 is 0 Å². The third-order valence-corrected chi connectivity index (χ3v) is 5.87. The van der Waals surface area contributed by atoms with Gasteiger partial charge in [0.15, 0.2) is 0 Å². The predicted octanol–water partition coefficient (Wildman–Crippen LogP) is 4.77. The molecule has 34 heavy (non-hydrogen) atoms. The number of rotatable bonds is 8. The maximum absolute atomic E-state index is 12.8. The van der Waals surface area contributed by atoms with Gasteiger partial charge < -0.3 is 29.3 Å². The minimum Gasteiger partial charge on any atom is -0.497 e. The highest BCUT2D eigenvalue weighted by Crippen LogP contribution is 2.28. The predicted molar refractivity (Wildman–Crippen MR) is 134 cm³/mol. The molecule has 0 atom stereocenters. The van der Waals surface area contributed by atoms with Crippen molar-refractivity contribution in [1.82, 2.24) is 4.90 Å². The average Bonchev–Trinajstić information content (AvgIpc) is 2.89. The van der Waals surface area contributed by atoms with E-state index in [-0.39, 0.29) is 6.03 Å². The Bertz CT molecular complexity index is 1080. The number of carbonyl (C=O) groups excluding carboxylic acids is 1. The molecule has 3 aromatic carbocycles. The quantitative estimate of drug-likeness (QED) is 0.523. The number of amides is 2. The number of benzene rings is 3. The van der Waals surface area contributed by atoms with Crippen molar-refractivity contribution in [3.05, 3.63) is 83.9 Å². The number of hydrogen-bond donors (Lipinski definition) is 1. The molecule has 2 amide bonds. The van der Waals surface area contributed by atoms with E-state index in [4.69, 9.17) is 14.2 Å². The van der Waals surface area contributed by atoms with Gasteiger partial charge in [-0.25, -0.2) is 4.79 Å². The van der Waals surface area contributed by atoms with Gasteiger partial charge in [-0.05, 0) is 47.5 Å². The summed E-state index contributed by atoms with van der Waals surface area (Å²) in [6.07, 6.45) is 0. The van der Waals surface area contributed by atoms with Crippen LogP contribution in [-0.2, 0) is 18.0 Å². The second-order valence-corrected chi connectivity index (χ2v) is 8.12. The Morgan fingerprint density at radius 3 is 2.29 bits per heavy atom. The molecule has 0 spiro atoms. The third kappa shape index (κ3) is 5.99. The Morgan fingerprint density at radius 2 is 1.56 bits per heavy atom. The van der Waals surface area contributed by atoms with Crippen molar-refractivity contribution in [1.29, 1.82) is 0 Å². The second kappa shape index (κ2) is 11.4. The largest absolute Gasteiger partial charge is 0.497 e. The van der Waals surface area contributed by atoms with Gasteiger partial charge in [0.1, 0.15) is 11.5 Å². The smallest absolute Gasteiger partial charge is 0.321 e. The lowest BCUT2D eigenvalue weighted by atomic mass is 10.2. The summed E-state index contributed by atoms with van der Waals surface area (Å²) >= 11 is 0. The van der Waals surface area contributed by atoms with Gasteiger partial charge in [0.25, 0.3) is 0 Å². The fraction of sp³-hybridized carbons (Fsp3) is 0.296. The van der Waals surface area contributed by atoms with Gasteiger partial charge in [0.05, 0.1) is 33.1 Å². The maximum atomic E-state index is 12.8. The summed E-state index contributed by atoms with van der Waals surface area (Å²) in [6, 6.07) is 23.5. The third-order valence-electron chi connectivity index (χ3n) is 5.87. The van der Waals surface area contributed by atoms with Crippen LogP contribution in [0.4, 0.5) is 16.2 Å². The molecule has 7 nitrogen and oxygen atoms in total. The molecule has 1 fully saturated rings. The van der Waals surface area contributed by atoms with Crippen molar-refractivity contribution in [2.45, 2.75) is 13.2 Å². The van der Waals surface area contributed by atoms with E-state index < -0.39 is 0 Å². The number of para-hydroxylation sites is 2. The van der Waals surface area contributed by atoms with Crippen LogP contribution in [0.5, 0.6) is 11.5 Å². The molecule has 3 aromatic rings. The molecule has 0 saturated carbocycles. The fourth-order valence-corrected chi connectivity index (χ4v) is 3.99. The molecule has 1 aliphatic rings. The molecule has 178 valence electrons. The molecule has 0 radical (unpaired) electrons. The Kier molecular flexibility index (Phi) is 7.88. The first kappa shape index (κ1) is 23.4. The van der Waals surface area contributed by atoms with Crippen molar-refractivity contribution in [2.24, 2.45) is 0 Å². The summed E-state index contributed by atoms with van der Waals surface area (Å²) in [6.45, 7) is 3.79. The standard InChI is InChI=1S/C27H31N3O4/c1-32-24-12-10-21(11-13-24)19-34-20-22-6-5-7-23(18-22)28-27(31)30-16-14-29(15-17-30)25-8-3-4-9-26(25)33-2/h3-13,18H,14-17,19-20H2,1-2H3,(H,28,31). The molecular formula is C27H31N3O4. The molecule has 4 rings (SSSR count). The van der Waals surface area contributed by atoms with Crippen molar-refractivity contribution in [2.75, 3.05) is 50.6 Å². The van der Waals surface area contributed by atoms with Crippen molar-refractivity contribution < 1.29 is 19.0 Å². The summed E-state index contributed by atoms with van der Waals surface area (Å²) in [7, 11) is 3.33. The van der Waals surface area contributed by atoms with Gasteiger partial charge in [-0.3, -0.25) is 0 Å². The zero-order chi connectivity index (χ0) is 23.8. The summed E-state index contributed by atoms with van der Waals surface area (Å²) in [5.41, 5.74) is 3.92. The van der Waals surface area contributed by atoms with Gasteiger partial charge >= 0.3 is 6.03 Å². The molecule has 1 aliphatic heterocycles. The summed E-state index contributed by atoms with van der Waals surface area (Å²) in [5.74, 6) is 1.68. The molecular weight excluding hydrogens is 430 g/mol. The number of methoxy groups -OCH3 is 2. The van der Waals surface area contributed by atoms with Crippen LogP contribution in [0, 0.1) is 0 Å². The van der Waals surface area contributed by atoms with E-state index in [2.05, 4.69) is 16.3 Å².